The predicted molar refractivity (Wildman–Crippen MR) is 89.0 cm³/mol. The number of ether oxygens (including phenoxy) is 2. The van der Waals surface area contributed by atoms with Gasteiger partial charge in [0.1, 0.15) is 11.4 Å². The standard InChI is InChI=1S/C19H23FN2O3/c1-14(15-2-4-16(20)5-3-15)12-17(23)22-18(13-21)6-8-19(9-7-18)24-10-11-25-19/h2-5,14H,6-12H2,1H3,(H,22,23)/t14-/m0/s1. The Kier molecular flexibility index (Phi) is 5.07. The molecule has 0 radical (unpaired) electrons. The highest BCUT2D eigenvalue weighted by atomic mass is 19.1. The summed E-state index contributed by atoms with van der Waals surface area (Å²) in [6, 6.07) is 8.44. The van der Waals surface area contributed by atoms with Gasteiger partial charge in [0.05, 0.1) is 19.3 Å². The van der Waals surface area contributed by atoms with Crippen LogP contribution in [0.2, 0.25) is 0 Å². The molecule has 0 unspecified atom stereocenters. The lowest BCUT2D eigenvalue weighted by atomic mass is 9.79. The second kappa shape index (κ2) is 7.11. The van der Waals surface area contributed by atoms with Crippen molar-refractivity contribution in [1.82, 2.24) is 5.32 Å². The van der Waals surface area contributed by atoms with E-state index in [0.29, 0.717) is 38.9 Å². The quantitative estimate of drug-likeness (QED) is 0.910. The molecule has 2 fully saturated rings. The molecule has 1 spiro atoms. The number of carbonyl (C=O) groups is 1. The molecule has 3 rings (SSSR count). The van der Waals surface area contributed by atoms with E-state index in [0.717, 1.165) is 5.56 Å². The minimum atomic E-state index is -0.861. The van der Waals surface area contributed by atoms with Gasteiger partial charge in [-0.3, -0.25) is 4.79 Å². The average molecular weight is 346 g/mol. The summed E-state index contributed by atoms with van der Waals surface area (Å²) in [6.45, 7) is 3.09. The summed E-state index contributed by atoms with van der Waals surface area (Å²) in [6.07, 6.45) is 2.50. The number of nitrogens with one attached hydrogen (secondary N) is 1. The topological polar surface area (TPSA) is 71.4 Å². The Hall–Kier alpha value is -1.97. The van der Waals surface area contributed by atoms with Crippen molar-refractivity contribution in [3.63, 3.8) is 0 Å². The van der Waals surface area contributed by atoms with Crippen LogP contribution in [0.1, 0.15) is 50.5 Å². The van der Waals surface area contributed by atoms with E-state index in [-0.39, 0.29) is 24.1 Å². The van der Waals surface area contributed by atoms with Crippen LogP contribution in [0.15, 0.2) is 24.3 Å². The molecule has 134 valence electrons. The fraction of sp³-hybridized carbons (Fsp3) is 0.579. The molecule has 1 aliphatic carbocycles. The minimum Gasteiger partial charge on any atom is -0.348 e. The number of amides is 1. The molecule has 5 nitrogen and oxygen atoms in total. The Labute approximate surface area is 147 Å². The lowest BCUT2D eigenvalue weighted by molar-refractivity contribution is -0.183. The summed E-state index contributed by atoms with van der Waals surface area (Å²) in [4.78, 5) is 12.4. The first-order chi connectivity index (χ1) is 12.0. The van der Waals surface area contributed by atoms with E-state index in [1.165, 1.54) is 12.1 Å². The van der Waals surface area contributed by atoms with Crippen molar-refractivity contribution in [2.75, 3.05) is 13.2 Å². The maximum atomic E-state index is 13.0. The Bertz CT molecular complexity index is 652. The van der Waals surface area contributed by atoms with Crippen molar-refractivity contribution in [2.24, 2.45) is 0 Å². The molecular formula is C19H23FN2O3. The molecule has 1 amide bonds. The zero-order valence-electron chi connectivity index (χ0n) is 14.4. The van der Waals surface area contributed by atoms with E-state index >= 15 is 0 Å². The molecule has 6 heteroatoms. The SMILES string of the molecule is C[C@@H](CC(=O)NC1(C#N)CCC2(CC1)OCCO2)c1ccc(F)cc1. The fourth-order valence-electron chi connectivity index (χ4n) is 3.61. The molecule has 1 saturated carbocycles. The number of carbonyl (C=O) groups excluding carboxylic acids is 1. The number of halogens is 1. The largest absolute Gasteiger partial charge is 0.348 e. The minimum absolute atomic E-state index is 0.0484. The summed E-state index contributed by atoms with van der Waals surface area (Å²) >= 11 is 0. The van der Waals surface area contributed by atoms with Gasteiger partial charge in [-0.2, -0.15) is 5.26 Å². The van der Waals surface area contributed by atoms with Crippen LogP contribution in [-0.4, -0.2) is 30.4 Å². The van der Waals surface area contributed by atoms with Gasteiger partial charge in [-0.15, -0.1) is 0 Å². The Morgan fingerprint density at radius 3 is 2.40 bits per heavy atom. The van der Waals surface area contributed by atoms with Crippen LogP contribution >= 0.6 is 0 Å². The lowest BCUT2D eigenvalue weighted by Crippen LogP contribution is -2.53. The highest BCUT2D eigenvalue weighted by Gasteiger charge is 2.47. The summed E-state index contributed by atoms with van der Waals surface area (Å²) < 4.78 is 24.4. The van der Waals surface area contributed by atoms with E-state index in [2.05, 4.69) is 11.4 Å². The first-order valence-corrected chi connectivity index (χ1v) is 8.72. The van der Waals surface area contributed by atoms with Gasteiger partial charge in [0.2, 0.25) is 5.91 Å². The Morgan fingerprint density at radius 2 is 1.84 bits per heavy atom. The van der Waals surface area contributed by atoms with Crippen LogP contribution in [0.3, 0.4) is 0 Å². The van der Waals surface area contributed by atoms with Gasteiger partial charge in [0, 0.05) is 19.3 Å². The summed E-state index contributed by atoms with van der Waals surface area (Å²) in [5.74, 6) is -1.07. The molecule has 1 N–H and O–H groups in total. The van der Waals surface area contributed by atoms with E-state index in [1.807, 2.05) is 6.92 Å². The maximum Gasteiger partial charge on any atom is 0.221 e. The van der Waals surface area contributed by atoms with E-state index in [4.69, 9.17) is 9.47 Å². The van der Waals surface area contributed by atoms with Gasteiger partial charge in [-0.25, -0.2) is 4.39 Å². The van der Waals surface area contributed by atoms with E-state index in [9.17, 15) is 14.4 Å². The van der Waals surface area contributed by atoms with Crippen LogP contribution in [0.25, 0.3) is 0 Å². The molecule has 0 bridgehead atoms. The first-order valence-electron chi connectivity index (χ1n) is 8.72. The van der Waals surface area contributed by atoms with Crippen LogP contribution in [0.4, 0.5) is 4.39 Å². The number of nitrogens with zero attached hydrogens (tertiary/aromatic N) is 1. The van der Waals surface area contributed by atoms with Crippen molar-refractivity contribution in [2.45, 2.75) is 56.3 Å². The highest BCUT2D eigenvalue weighted by Crippen LogP contribution is 2.40. The molecular weight excluding hydrogens is 323 g/mol. The fourth-order valence-corrected chi connectivity index (χ4v) is 3.61. The molecule has 2 aliphatic rings. The van der Waals surface area contributed by atoms with Crippen molar-refractivity contribution >= 4 is 5.91 Å². The number of benzene rings is 1. The maximum absolute atomic E-state index is 13.0. The Morgan fingerprint density at radius 1 is 1.24 bits per heavy atom. The molecule has 1 aliphatic heterocycles. The van der Waals surface area contributed by atoms with E-state index in [1.54, 1.807) is 12.1 Å². The average Bonchev–Trinajstić information content (AvgIpc) is 3.06. The first kappa shape index (κ1) is 17.8. The Balaban J connectivity index is 1.57. The number of rotatable bonds is 4. The molecule has 1 heterocycles. The van der Waals surface area contributed by atoms with Crippen molar-refractivity contribution in [3.8, 4) is 6.07 Å². The van der Waals surface area contributed by atoms with E-state index < -0.39 is 11.3 Å². The van der Waals surface area contributed by atoms with Crippen molar-refractivity contribution in [3.05, 3.63) is 35.6 Å². The third kappa shape index (κ3) is 4.00. The number of hydrogen-bond acceptors (Lipinski definition) is 4. The predicted octanol–water partition coefficient (Wildman–Crippen LogP) is 3.01. The molecule has 1 aromatic carbocycles. The van der Waals surface area contributed by atoms with Crippen LogP contribution in [-0.2, 0) is 14.3 Å². The molecule has 1 atom stereocenters. The zero-order chi connectivity index (χ0) is 17.9. The van der Waals surface area contributed by atoms with Gasteiger partial charge >= 0.3 is 0 Å². The van der Waals surface area contributed by atoms with Gasteiger partial charge in [-0.1, -0.05) is 19.1 Å². The van der Waals surface area contributed by atoms with Gasteiger partial charge in [0.15, 0.2) is 5.79 Å². The van der Waals surface area contributed by atoms with Crippen LogP contribution in [0, 0.1) is 17.1 Å². The normalized spacial score (nSPS) is 22.3. The summed E-state index contributed by atoms with van der Waals surface area (Å²) in [7, 11) is 0. The molecule has 0 aromatic heterocycles. The third-order valence-electron chi connectivity index (χ3n) is 5.20. The van der Waals surface area contributed by atoms with Crippen molar-refractivity contribution in [1.29, 1.82) is 5.26 Å². The zero-order valence-corrected chi connectivity index (χ0v) is 14.4. The van der Waals surface area contributed by atoms with Gasteiger partial charge in [-0.05, 0) is 36.5 Å². The molecule has 1 saturated heterocycles. The summed E-state index contributed by atoms with van der Waals surface area (Å²) in [5, 5.41) is 12.5. The highest BCUT2D eigenvalue weighted by molar-refractivity contribution is 5.78. The van der Waals surface area contributed by atoms with Crippen LogP contribution < -0.4 is 5.32 Å². The number of nitriles is 1. The smallest absolute Gasteiger partial charge is 0.221 e. The lowest BCUT2D eigenvalue weighted by Gasteiger charge is -2.40. The summed E-state index contributed by atoms with van der Waals surface area (Å²) in [5.41, 5.74) is 0.0399. The number of hydrogen-bond donors (Lipinski definition) is 1. The monoisotopic (exact) mass is 346 g/mol. The van der Waals surface area contributed by atoms with Gasteiger partial charge in [0.25, 0.3) is 0 Å². The van der Waals surface area contributed by atoms with Crippen LogP contribution in [0.5, 0.6) is 0 Å². The second-order valence-electron chi connectivity index (χ2n) is 7.01. The van der Waals surface area contributed by atoms with Gasteiger partial charge < -0.3 is 14.8 Å². The molecule has 25 heavy (non-hydrogen) atoms. The molecule has 1 aromatic rings. The second-order valence-corrected chi connectivity index (χ2v) is 7.01. The third-order valence-corrected chi connectivity index (χ3v) is 5.20. The van der Waals surface area contributed by atoms with Crippen molar-refractivity contribution < 1.29 is 18.7 Å².